The Morgan fingerprint density at radius 1 is 0.944 bits per heavy atom. The largest absolute Gasteiger partial charge is 0.368 e. The van der Waals surface area contributed by atoms with Gasteiger partial charge in [-0.15, -0.1) is 0 Å². The molecule has 2 heteroatoms. The summed E-state index contributed by atoms with van der Waals surface area (Å²) in [7, 11) is 0. The third-order valence-corrected chi connectivity index (χ3v) is 2.77. The molecule has 0 aliphatic heterocycles. The molecule has 0 rings (SSSR count). The first-order valence-corrected chi connectivity index (χ1v) is 7.38. The number of aliphatic hydroxyl groups is 1. The van der Waals surface area contributed by atoms with Crippen LogP contribution in [0.4, 0.5) is 0 Å². The SMILES string of the molecule is CC/C=C\CC(O)OC(C/C=C\CC)CCCC. The van der Waals surface area contributed by atoms with E-state index in [1.165, 1.54) is 6.42 Å². The lowest BCUT2D eigenvalue weighted by Crippen LogP contribution is -2.21. The van der Waals surface area contributed by atoms with E-state index in [0.29, 0.717) is 6.42 Å². The number of unbranched alkanes of at least 4 members (excludes halogenated alkanes) is 1. The molecule has 2 atom stereocenters. The van der Waals surface area contributed by atoms with E-state index in [1.807, 2.05) is 6.08 Å². The molecular weight excluding hydrogens is 224 g/mol. The Morgan fingerprint density at radius 2 is 1.56 bits per heavy atom. The molecule has 106 valence electrons. The lowest BCUT2D eigenvalue weighted by molar-refractivity contribution is -0.134. The molecule has 0 bridgehead atoms. The third kappa shape index (κ3) is 10.5. The van der Waals surface area contributed by atoms with Crippen LogP contribution in [-0.2, 0) is 4.74 Å². The van der Waals surface area contributed by atoms with E-state index in [1.54, 1.807) is 0 Å². The summed E-state index contributed by atoms with van der Waals surface area (Å²) >= 11 is 0. The van der Waals surface area contributed by atoms with Crippen molar-refractivity contribution in [3.63, 3.8) is 0 Å². The van der Waals surface area contributed by atoms with Crippen molar-refractivity contribution in [2.75, 3.05) is 0 Å². The van der Waals surface area contributed by atoms with E-state index in [2.05, 4.69) is 39.0 Å². The highest BCUT2D eigenvalue weighted by Crippen LogP contribution is 2.13. The average Bonchev–Trinajstić information content (AvgIpc) is 2.36. The van der Waals surface area contributed by atoms with Gasteiger partial charge in [0.2, 0.25) is 0 Å². The van der Waals surface area contributed by atoms with Crippen LogP contribution in [0.15, 0.2) is 24.3 Å². The summed E-state index contributed by atoms with van der Waals surface area (Å²) in [5.41, 5.74) is 0. The zero-order valence-corrected chi connectivity index (χ0v) is 12.3. The Hall–Kier alpha value is -0.600. The summed E-state index contributed by atoms with van der Waals surface area (Å²) in [4.78, 5) is 0. The van der Waals surface area contributed by atoms with Crippen LogP contribution in [0.5, 0.6) is 0 Å². The molecule has 0 radical (unpaired) electrons. The molecule has 0 spiro atoms. The van der Waals surface area contributed by atoms with Gasteiger partial charge in [-0.1, -0.05) is 57.9 Å². The van der Waals surface area contributed by atoms with Gasteiger partial charge in [-0.2, -0.15) is 0 Å². The highest BCUT2D eigenvalue weighted by molar-refractivity contribution is 4.84. The van der Waals surface area contributed by atoms with Gasteiger partial charge < -0.3 is 9.84 Å². The molecule has 1 N–H and O–H groups in total. The van der Waals surface area contributed by atoms with Crippen molar-refractivity contribution in [2.24, 2.45) is 0 Å². The molecule has 2 unspecified atom stereocenters. The molecule has 0 aliphatic rings. The second-order valence-electron chi connectivity index (χ2n) is 4.59. The molecule has 0 fully saturated rings. The van der Waals surface area contributed by atoms with E-state index in [-0.39, 0.29) is 6.10 Å². The average molecular weight is 254 g/mol. The molecule has 18 heavy (non-hydrogen) atoms. The lowest BCUT2D eigenvalue weighted by Gasteiger charge is -2.19. The summed E-state index contributed by atoms with van der Waals surface area (Å²) in [6.07, 6.45) is 14.8. The number of rotatable bonds is 11. The van der Waals surface area contributed by atoms with Crippen LogP contribution in [0.2, 0.25) is 0 Å². The smallest absolute Gasteiger partial charge is 0.158 e. The fraction of sp³-hybridized carbons (Fsp3) is 0.750. The maximum Gasteiger partial charge on any atom is 0.158 e. The second-order valence-corrected chi connectivity index (χ2v) is 4.59. The van der Waals surface area contributed by atoms with E-state index in [0.717, 1.165) is 32.1 Å². The van der Waals surface area contributed by atoms with Crippen LogP contribution >= 0.6 is 0 Å². The van der Waals surface area contributed by atoms with Gasteiger partial charge in [0.1, 0.15) is 0 Å². The van der Waals surface area contributed by atoms with Crippen LogP contribution in [0.1, 0.15) is 65.7 Å². The number of ether oxygens (including phenoxy) is 1. The minimum atomic E-state index is -0.662. The molecule has 0 aromatic rings. The molecule has 0 aromatic heterocycles. The maximum absolute atomic E-state index is 9.80. The summed E-state index contributed by atoms with van der Waals surface area (Å²) in [5, 5.41) is 9.80. The Balaban J connectivity index is 4.03. The monoisotopic (exact) mass is 254 g/mol. The summed E-state index contributed by atoms with van der Waals surface area (Å²) in [5.74, 6) is 0. The van der Waals surface area contributed by atoms with Crippen molar-refractivity contribution < 1.29 is 9.84 Å². The molecule has 0 aromatic carbocycles. The molecular formula is C16H30O2. The molecule has 0 amide bonds. The van der Waals surface area contributed by atoms with Gasteiger partial charge in [-0.25, -0.2) is 0 Å². The normalized spacial score (nSPS) is 15.6. The number of hydrogen-bond acceptors (Lipinski definition) is 2. The number of aliphatic hydroxyl groups excluding tert-OH is 1. The van der Waals surface area contributed by atoms with Gasteiger partial charge >= 0.3 is 0 Å². The highest BCUT2D eigenvalue weighted by atomic mass is 16.6. The molecule has 2 nitrogen and oxygen atoms in total. The van der Waals surface area contributed by atoms with Crippen LogP contribution in [0, 0.1) is 0 Å². The van der Waals surface area contributed by atoms with Crippen LogP contribution < -0.4 is 0 Å². The van der Waals surface area contributed by atoms with Crippen molar-refractivity contribution >= 4 is 0 Å². The first-order valence-electron chi connectivity index (χ1n) is 7.38. The topological polar surface area (TPSA) is 29.5 Å². The van der Waals surface area contributed by atoms with E-state index in [9.17, 15) is 5.11 Å². The quantitative estimate of drug-likeness (QED) is 0.431. The van der Waals surface area contributed by atoms with Gasteiger partial charge in [0.25, 0.3) is 0 Å². The fourth-order valence-electron chi connectivity index (χ4n) is 1.74. The summed E-state index contributed by atoms with van der Waals surface area (Å²) in [6.45, 7) is 6.39. The van der Waals surface area contributed by atoms with Crippen molar-refractivity contribution in [3.05, 3.63) is 24.3 Å². The number of hydrogen-bond donors (Lipinski definition) is 1. The van der Waals surface area contributed by atoms with Gasteiger partial charge in [-0.3, -0.25) is 0 Å². The Labute approximate surface area is 113 Å². The highest BCUT2D eigenvalue weighted by Gasteiger charge is 2.11. The molecule has 0 saturated carbocycles. The molecule has 0 saturated heterocycles. The van der Waals surface area contributed by atoms with Crippen molar-refractivity contribution in [2.45, 2.75) is 78.1 Å². The van der Waals surface area contributed by atoms with Crippen LogP contribution in [0.25, 0.3) is 0 Å². The van der Waals surface area contributed by atoms with Gasteiger partial charge in [-0.05, 0) is 25.7 Å². The van der Waals surface area contributed by atoms with Crippen LogP contribution in [-0.4, -0.2) is 17.5 Å². The van der Waals surface area contributed by atoms with E-state index >= 15 is 0 Å². The minimum Gasteiger partial charge on any atom is -0.368 e. The van der Waals surface area contributed by atoms with Crippen LogP contribution in [0.3, 0.4) is 0 Å². The van der Waals surface area contributed by atoms with Gasteiger partial charge in [0, 0.05) is 6.42 Å². The summed E-state index contributed by atoms with van der Waals surface area (Å²) < 4.78 is 5.70. The molecule has 0 heterocycles. The predicted molar refractivity (Wildman–Crippen MR) is 78.5 cm³/mol. The summed E-state index contributed by atoms with van der Waals surface area (Å²) in [6, 6.07) is 0. The minimum absolute atomic E-state index is 0.151. The van der Waals surface area contributed by atoms with Gasteiger partial charge in [0.15, 0.2) is 6.29 Å². The Kier molecular flexibility index (Phi) is 12.4. The van der Waals surface area contributed by atoms with Gasteiger partial charge in [0.05, 0.1) is 6.10 Å². The van der Waals surface area contributed by atoms with E-state index in [4.69, 9.17) is 4.74 Å². The molecule has 0 aliphatic carbocycles. The van der Waals surface area contributed by atoms with E-state index < -0.39 is 6.29 Å². The zero-order valence-electron chi connectivity index (χ0n) is 12.3. The standard InChI is InChI=1S/C16H30O2/c1-4-7-10-13-15(12-9-6-3)18-16(17)14-11-8-5-2/h7-8,10-11,15-17H,4-6,9,12-14H2,1-3H3/b10-7-,11-8-. The van der Waals surface area contributed by atoms with Crippen molar-refractivity contribution in [1.29, 1.82) is 0 Å². The zero-order chi connectivity index (χ0) is 13.6. The number of allylic oxidation sites excluding steroid dienone is 2. The third-order valence-electron chi connectivity index (χ3n) is 2.77. The lowest BCUT2D eigenvalue weighted by atomic mass is 10.1. The van der Waals surface area contributed by atoms with Crippen molar-refractivity contribution in [3.8, 4) is 0 Å². The maximum atomic E-state index is 9.80. The fourth-order valence-corrected chi connectivity index (χ4v) is 1.74. The predicted octanol–water partition coefficient (Wildman–Crippen LogP) is 4.59. The second kappa shape index (κ2) is 12.8. The Bertz CT molecular complexity index is 221. The Morgan fingerprint density at radius 3 is 2.11 bits per heavy atom. The first kappa shape index (κ1) is 17.4. The first-order chi connectivity index (χ1) is 8.74. The van der Waals surface area contributed by atoms with Crippen molar-refractivity contribution in [1.82, 2.24) is 0 Å².